The summed E-state index contributed by atoms with van der Waals surface area (Å²) in [6.07, 6.45) is 0. The van der Waals surface area contributed by atoms with E-state index in [9.17, 15) is 0 Å². The van der Waals surface area contributed by atoms with Gasteiger partial charge in [-0.05, 0) is 24.6 Å². The molecule has 2 aromatic rings. The van der Waals surface area contributed by atoms with Crippen LogP contribution in [-0.4, -0.2) is 35.0 Å². The van der Waals surface area contributed by atoms with E-state index in [0.717, 1.165) is 11.3 Å². The van der Waals surface area contributed by atoms with Crippen LogP contribution in [0, 0.1) is 6.92 Å². The summed E-state index contributed by atoms with van der Waals surface area (Å²) >= 11 is 0. The fourth-order valence-corrected chi connectivity index (χ4v) is 1.61. The lowest BCUT2D eigenvalue weighted by Crippen LogP contribution is -2.09. The van der Waals surface area contributed by atoms with E-state index in [1.807, 2.05) is 31.2 Å². The summed E-state index contributed by atoms with van der Waals surface area (Å²) in [6.45, 7) is 3.26. The molecule has 0 amide bonds. The van der Waals surface area contributed by atoms with Crippen molar-refractivity contribution in [3.05, 3.63) is 29.8 Å². The predicted octanol–water partition coefficient (Wildman–Crippen LogP) is 1.22. The lowest BCUT2D eigenvalue weighted by molar-refractivity contribution is 0.210. The summed E-state index contributed by atoms with van der Waals surface area (Å²) in [5.41, 5.74) is 7.90. The van der Waals surface area contributed by atoms with Crippen LogP contribution < -0.4 is 11.1 Å². The molecule has 0 unspecified atom stereocenters. The van der Waals surface area contributed by atoms with E-state index in [1.54, 1.807) is 11.8 Å². The summed E-state index contributed by atoms with van der Waals surface area (Å²) in [5.74, 6) is 0.867. The molecule has 0 aliphatic rings. The van der Waals surface area contributed by atoms with E-state index in [0.29, 0.717) is 25.0 Å². The van der Waals surface area contributed by atoms with Gasteiger partial charge in [-0.1, -0.05) is 12.1 Å². The lowest BCUT2D eigenvalue weighted by atomic mass is 10.2. The molecule has 0 radical (unpaired) electrons. The van der Waals surface area contributed by atoms with Crippen LogP contribution in [0.25, 0.3) is 5.69 Å². The number of nitrogens with one attached hydrogen (secondary N) is 1. The quantitative estimate of drug-likeness (QED) is 0.777. The first-order valence-corrected chi connectivity index (χ1v) is 5.73. The SMILES string of the molecule is COCCNc1nc(N)n(-c2cccc(C)c2)n1. The second-order valence-electron chi connectivity index (χ2n) is 3.96. The van der Waals surface area contributed by atoms with Crippen LogP contribution >= 0.6 is 0 Å². The Balaban J connectivity index is 2.18. The number of benzene rings is 1. The van der Waals surface area contributed by atoms with Crippen LogP contribution in [0.1, 0.15) is 5.56 Å². The number of nitrogens with two attached hydrogens (primary N) is 1. The Hall–Kier alpha value is -2.08. The summed E-state index contributed by atoms with van der Waals surface area (Å²) in [7, 11) is 1.65. The fraction of sp³-hybridized carbons (Fsp3) is 0.333. The highest BCUT2D eigenvalue weighted by Gasteiger charge is 2.08. The Bertz CT molecular complexity index is 523. The first-order valence-electron chi connectivity index (χ1n) is 5.73. The zero-order valence-electron chi connectivity index (χ0n) is 10.6. The summed E-state index contributed by atoms with van der Waals surface area (Å²) in [4.78, 5) is 4.15. The normalized spacial score (nSPS) is 10.6. The van der Waals surface area contributed by atoms with Gasteiger partial charge in [0.1, 0.15) is 0 Å². The summed E-state index contributed by atoms with van der Waals surface area (Å²) < 4.78 is 6.56. The molecule has 1 aromatic carbocycles. The molecule has 1 heterocycles. The maximum atomic E-state index is 5.85. The molecule has 0 saturated carbocycles. The second kappa shape index (κ2) is 5.50. The van der Waals surface area contributed by atoms with Crippen molar-refractivity contribution in [2.24, 2.45) is 0 Å². The molecular weight excluding hydrogens is 230 g/mol. The molecule has 0 spiro atoms. The molecule has 6 nitrogen and oxygen atoms in total. The Morgan fingerprint density at radius 1 is 1.44 bits per heavy atom. The van der Waals surface area contributed by atoms with Crippen molar-refractivity contribution in [1.29, 1.82) is 0 Å². The minimum atomic E-state index is 0.362. The van der Waals surface area contributed by atoms with Crippen LogP contribution in [0.3, 0.4) is 0 Å². The van der Waals surface area contributed by atoms with E-state index in [1.165, 1.54) is 0 Å². The van der Waals surface area contributed by atoms with Gasteiger partial charge in [0, 0.05) is 13.7 Å². The van der Waals surface area contributed by atoms with Gasteiger partial charge in [0.2, 0.25) is 11.9 Å². The third-order valence-electron chi connectivity index (χ3n) is 2.47. The average molecular weight is 247 g/mol. The number of hydrogen-bond donors (Lipinski definition) is 2. The van der Waals surface area contributed by atoms with E-state index in [-0.39, 0.29) is 0 Å². The molecule has 6 heteroatoms. The van der Waals surface area contributed by atoms with Crippen molar-refractivity contribution in [2.45, 2.75) is 6.92 Å². The van der Waals surface area contributed by atoms with Gasteiger partial charge in [-0.2, -0.15) is 9.67 Å². The highest BCUT2D eigenvalue weighted by Crippen LogP contribution is 2.14. The number of nitrogens with zero attached hydrogens (tertiary/aromatic N) is 3. The first kappa shape index (κ1) is 12.4. The molecule has 0 aliphatic carbocycles. The van der Waals surface area contributed by atoms with Gasteiger partial charge < -0.3 is 15.8 Å². The number of aryl methyl sites for hydroxylation is 1. The Morgan fingerprint density at radius 3 is 3.00 bits per heavy atom. The van der Waals surface area contributed by atoms with Crippen LogP contribution in [0.5, 0.6) is 0 Å². The molecule has 0 fully saturated rings. The topological polar surface area (TPSA) is 78.0 Å². The smallest absolute Gasteiger partial charge is 0.244 e. The van der Waals surface area contributed by atoms with E-state index in [4.69, 9.17) is 10.5 Å². The van der Waals surface area contributed by atoms with Crippen molar-refractivity contribution in [3.8, 4) is 5.69 Å². The molecule has 96 valence electrons. The van der Waals surface area contributed by atoms with Crippen molar-refractivity contribution in [2.75, 3.05) is 31.3 Å². The highest BCUT2D eigenvalue weighted by atomic mass is 16.5. The van der Waals surface area contributed by atoms with Crippen LogP contribution in [-0.2, 0) is 4.74 Å². The Labute approximate surface area is 106 Å². The highest BCUT2D eigenvalue weighted by molar-refractivity contribution is 5.43. The molecule has 0 aliphatic heterocycles. The molecule has 2 rings (SSSR count). The van der Waals surface area contributed by atoms with Gasteiger partial charge in [0.05, 0.1) is 12.3 Å². The number of ether oxygens (including phenoxy) is 1. The van der Waals surface area contributed by atoms with E-state index >= 15 is 0 Å². The molecule has 0 atom stereocenters. The van der Waals surface area contributed by atoms with Gasteiger partial charge >= 0.3 is 0 Å². The molecule has 0 bridgehead atoms. The Kier molecular flexibility index (Phi) is 3.78. The standard InChI is InChI=1S/C12H17N5O/c1-9-4-3-5-10(8-9)17-11(13)15-12(16-17)14-6-7-18-2/h3-5,8H,6-7H2,1-2H3,(H3,13,14,15,16). The molecule has 18 heavy (non-hydrogen) atoms. The Morgan fingerprint density at radius 2 is 2.28 bits per heavy atom. The monoisotopic (exact) mass is 247 g/mol. The number of aromatic nitrogens is 3. The fourth-order valence-electron chi connectivity index (χ4n) is 1.61. The van der Waals surface area contributed by atoms with Crippen molar-refractivity contribution >= 4 is 11.9 Å². The van der Waals surface area contributed by atoms with Crippen LogP contribution in [0.4, 0.5) is 11.9 Å². The maximum Gasteiger partial charge on any atom is 0.244 e. The molecule has 0 saturated heterocycles. The zero-order valence-corrected chi connectivity index (χ0v) is 10.6. The lowest BCUT2D eigenvalue weighted by Gasteiger charge is -2.03. The second-order valence-corrected chi connectivity index (χ2v) is 3.96. The number of rotatable bonds is 5. The van der Waals surface area contributed by atoms with Gasteiger partial charge in [0.25, 0.3) is 0 Å². The van der Waals surface area contributed by atoms with Crippen molar-refractivity contribution in [1.82, 2.24) is 14.8 Å². The summed E-state index contributed by atoms with van der Waals surface area (Å²) in [6, 6.07) is 7.93. The van der Waals surface area contributed by atoms with Crippen molar-refractivity contribution in [3.63, 3.8) is 0 Å². The zero-order chi connectivity index (χ0) is 13.0. The summed E-state index contributed by atoms with van der Waals surface area (Å²) in [5, 5.41) is 7.35. The van der Waals surface area contributed by atoms with Gasteiger partial charge in [-0.3, -0.25) is 0 Å². The number of hydrogen-bond acceptors (Lipinski definition) is 5. The largest absolute Gasteiger partial charge is 0.383 e. The molecule has 1 aromatic heterocycles. The maximum absolute atomic E-state index is 5.85. The van der Waals surface area contributed by atoms with Gasteiger partial charge in [-0.25, -0.2) is 0 Å². The molecular formula is C12H17N5O. The molecule has 3 N–H and O–H groups in total. The van der Waals surface area contributed by atoms with E-state index < -0.39 is 0 Å². The van der Waals surface area contributed by atoms with Crippen LogP contribution in [0.15, 0.2) is 24.3 Å². The number of nitrogen functional groups attached to an aromatic ring is 1. The van der Waals surface area contributed by atoms with Gasteiger partial charge in [0.15, 0.2) is 0 Å². The first-order chi connectivity index (χ1) is 8.70. The minimum Gasteiger partial charge on any atom is -0.383 e. The predicted molar refractivity (Wildman–Crippen MR) is 70.9 cm³/mol. The van der Waals surface area contributed by atoms with Crippen LogP contribution in [0.2, 0.25) is 0 Å². The number of anilines is 2. The third kappa shape index (κ3) is 2.78. The van der Waals surface area contributed by atoms with Crippen molar-refractivity contribution < 1.29 is 4.74 Å². The van der Waals surface area contributed by atoms with E-state index in [2.05, 4.69) is 15.4 Å². The average Bonchev–Trinajstić information content (AvgIpc) is 2.71. The minimum absolute atomic E-state index is 0.362. The van der Waals surface area contributed by atoms with Gasteiger partial charge in [-0.15, -0.1) is 5.10 Å². The number of methoxy groups -OCH3 is 1. The third-order valence-corrected chi connectivity index (χ3v) is 2.47.